The molecule has 32 heavy (non-hydrogen) atoms. The first-order valence-electron chi connectivity index (χ1n) is 10.5. The van der Waals surface area contributed by atoms with Gasteiger partial charge in [-0.2, -0.15) is 0 Å². The first-order chi connectivity index (χ1) is 15.5. The van der Waals surface area contributed by atoms with E-state index in [2.05, 4.69) is 30.5 Å². The molecule has 4 heterocycles. The summed E-state index contributed by atoms with van der Waals surface area (Å²) in [6.45, 7) is 6.05. The fraction of sp³-hybridized carbons (Fsp3) is 0.429. The van der Waals surface area contributed by atoms with E-state index >= 15 is 0 Å². The molecule has 0 aliphatic carbocycles. The number of pyridine rings is 2. The molecule has 2 N–H and O–H groups in total. The predicted octanol–water partition coefficient (Wildman–Crippen LogP) is 0.896. The van der Waals surface area contributed by atoms with E-state index in [4.69, 9.17) is 16.3 Å². The maximum Gasteiger partial charge on any atom is 0.267 e. The fourth-order valence-electron chi connectivity index (χ4n) is 3.63. The molecule has 2 aromatic rings. The van der Waals surface area contributed by atoms with Gasteiger partial charge in [0.2, 0.25) is 5.91 Å². The summed E-state index contributed by atoms with van der Waals surface area (Å²) < 4.78 is 5.72. The number of carbonyl (C=O) groups excluding carboxylic acids is 2. The van der Waals surface area contributed by atoms with Crippen LogP contribution in [0, 0.1) is 0 Å². The second-order valence-corrected chi connectivity index (χ2v) is 8.12. The van der Waals surface area contributed by atoms with Crippen molar-refractivity contribution >= 4 is 34.9 Å². The third-order valence-corrected chi connectivity index (χ3v) is 5.64. The summed E-state index contributed by atoms with van der Waals surface area (Å²) in [6.07, 6.45) is 3.29. The standard InChI is InChI=1S/C21H26ClN7O3/c1-15(30)23-12-18-13-28(14-32-18)17-3-5-20(25-11-17)27-6-8-29(9-7-27)26-21(31)16-2-4-19(22)24-10-16/h2-5,10-11,18H,6-9,12-14H2,1H3,(H,23,30)(H,26,31). The van der Waals surface area contributed by atoms with Crippen LogP contribution in [-0.4, -0.2) is 78.9 Å². The number of hydrazine groups is 1. The number of nitrogens with one attached hydrogen (secondary N) is 2. The Kier molecular flexibility index (Phi) is 7.03. The minimum atomic E-state index is -0.199. The zero-order valence-electron chi connectivity index (χ0n) is 17.8. The molecule has 10 nitrogen and oxygen atoms in total. The molecule has 0 saturated carbocycles. The van der Waals surface area contributed by atoms with E-state index in [1.165, 1.54) is 13.1 Å². The largest absolute Gasteiger partial charge is 0.354 e. The van der Waals surface area contributed by atoms with Gasteiger partial charge in [0.25, 0.3) is 5.91 Å². The van der Waals surface area contributed by atoms with Crippen LogP contribution in [0.15, 0.2) is 36.7 Å². The number of piperazine rings is 1. The van der Waals surface area contributed by atoms with Crippen molar-refractivity contribution in [2.75, 3.05) is 55.8 Å². The van der Waals surface area contributed by atoms with Gasteiger partial charge >= 0.3 is 0 Å². The van der Waals surface area contributed by atoms with E-state index in [1.807, 2.05) is 23.3 Å². The van der Waals surface area contributed by atoms with Gasteiger partial charge in [0, 0.05) is 52.4 Å². The average Bonchev–Trinajstić information content (AvgIpc) is 3.28. The summed E-state index contributed by atoms with van der Waals surface area (Å²) in [6, 6.07) is 7.29. The van der Waals surface area contributed by atoms with Gasteiger partial charge in [-0.25, -0.2) is 15.0 Å². The summed E-state index contributed by atoms with van der Waals surface area (Å²) in [5.41, 5.74) is 4.37. The van der Waals surface area contributed by atoms with Crippen molar-refractivity contribution in [3.63, 3.8) is 0 Å². The summed E-state index contributed by atoms with van der Waals surface area (Å²) >= 11 is 5.77. The molecule has 1 atom stereocenters. The fourth-order valence-corrected chi connectivity index (χ4v) is 3.74. The minimum absolute atomic E-state index is 0.0227. The lowest BCUT2D eigenvalue weighted by molar-refractivity contribution is -0.119. The number of aromatic nitrogens is 2. The zero-order chi connectivity index (χ0) is 22.5. The summed E-state index contributed by atoms with van der Waals surface area (Å²) in [5, 5.41) is 5.05. The van der Waals surface area contributed by atoms with Crippen molar-refractivity contribution in [1.82, 2.24) is 25.7 Å². The number of rotatable bonds is 6. The third kappa shape index (κ3) is 5.64. The SMILES string of the molecule is CC(=O)NCC1CN(c2ccc(N3CCN(NC(=O)c4ccc(Cl)nc4)CC3)nc2)CO1. The number of halogens is 1. The van der Waals surface area contributed by atoms with Crippen LogP contribution in [0.1, 0.15) is 17.3 Å². The van der Waals surface area contributed by atoms with E-state index in [9.17, 15) is 9.59 Å². The number of anilines is 2. The van der Waals surface area contributed by atoms with Gasteiger partial charge in [-0.05, 0) is 24.3 Å². The summed E-state index contributed by atoms with van der Waals surface area (Å²) in [7, 11) is 0. The first kappa shape index (κ1) is 22.3. The molecule has 2 aliphatic heterocycles. The van der Waals surface area contributed by atoms with Crippen LogP contribution in [0.2, 0.25) is 5.15 Å². The Morgan fingerprint density at radius 3 is 2.56 bits per heavy atom. The second kappa shape index (κ2) is 10.1. The van der Waals surface area contributed by atoms with E-state index < -0.39 is 0 Å². The molecule has 0 spiro atoms. The van der Waals surface area contributed by atoms with Gasteiger partial charge in [-0.15, -0.1) is 0 Å². The molecule has 4 rings (SSSR count). The average molecular weight is 460 g/mol. The first-order valence-corrected chi connectivity index (χ1v) is 10.9. The lowest BCUT2D eigenvalue weighted by atomic mass is 10.2. The molecule has 0 radical (unpaired) electrons. The molecule has 2 aromatic heterocycles. The highest BCUT2D eigenvalue weighted by molar-refractivity contribution is 6.29. The Morgan fingerprint density at radius 1 is 1.09 bits per heavy atom. The number of nitrogens with zero attached hydrogens (tertiary/aromatic N) is 5. The Bertz CT molecular complexity index is 933. The normalized spacial score (nSPS) is 19.1. The predicted molar refractivity (Wildman–Crippen MR) is 121 cm³/mol. The molecular weight excluding hydrogens is 434 g/mol. The van der Waals surface area contributed by atoms with Crippen LogP contribution in [0.4, 0.5) is 11.5 Å². The quantitative estimate of drug-likeness (QED) is 0.614. The molecule has 0 aromatic carbocycles. The zero-order valence-corrected chi connectivity index (χ0v) is 18.6. The summed E-state index contributed by atoms with van der Waals surface area (Å²) in [5.74, 6) is 0.644. The van der Waals surface area contributed by atoms with E-state index in [-0.39, 0.29) is 17.9 Å². The number of amides is 2. The van der Waals surface area contributed by atoms with E-state index in [0.717, 1.165) is 24.6 Å². The van der Waals surface area contributed by atoms with Crippen molar-refractivity contribution < 1.29 is 14.3 Å². The van der Waals surface area contributed by atoms with Crippen molar-refractivity contribution in [3.05, 3.63) is 47.4 Å². The van der Waals surface area contributed by atoms with Crippen molar-refractivity contribution in [3.8, 4) is 0 Å². The highest BCUT2D eigenvalue weighted by Crippen LogP contribution is 2.22. The summed E-state index contributed by atoms with van der Waals surface area (Å²) in [4.78, 5) is 36.3. The van der Waals surface area contributed by atoms with Crippen molar-refractivity contribution in [1.29, 1.82) is 0 Å². The molecular formula is C21H26ClN7O3. The van der Waals surface area contributed by atoms with Crippen LogP contribution in [0.3, 0.4) is 0 Å². The Balaban J connectivity index is 1.25. The Morgan fingerprint density at radius 2 is 1.91 bits per heavy atom. The van der Waals surface area contributed by atoms with Crippen LogP contribution in [0.5, 0.6) is 0 Å². The molecule has 2 aliphatic rings. The highest BCUT2D eigenvalue weighted by atomic mass is 35.5. The molecule has 1 unspecified atom stereocenters. The molecule has 2 fully saturated rings. The van der Waals surface area contributed by atoms with Gasteiger partial charge in [-0.1, -0.05) is 11.6 Å². The number of hydrogen-bond donors (Lipinski definition) is 2. The van der Waals surface area contributed by atoms with Crippen LogP contribution in [-0.2, 0) is 9.53 Å². The minimum Gasteiger partial charge on any atom is -0.354 e. The van der Waals surface area contributed by atoms with E-state index in [0.29, 0.717) is 43.6 Å². The third-order valence-electron chi connectivity index (χ3n) is 5.42. The number of hydrogen-bond acceptors (Lipinski definition) is 8. The monoisotopic (exact) mass is 459 g/mol. The van der Waals surface area contributed by atoms with Crippen molar-refractivity contribution in [2.24, 2.45) is 0 Å². The maximum absolute atomic E-state index is 12.3. The number of ether oxygens (including phenoxy) is 1. The van der Waals surface area contributed by atoms with Gasteiger partial charge in [0.15, 0.2) is 0 Å². The van der Waals surface area contributed by atoms with Crippen molar-refractivity contribution in [2.45, 2.75) is 13.0 Å². The van der Waals surface area contributed by atoms with Gasteiger partial charge in [-0.3, -0.25) is 15.0 Å². The lowest BCUT2D eigenvalue weighted by Gasteiger charge is -2.35. The van der Waals surface area contributed by atoms with Crippen LogP contribution >= 0.6 is 11.6 Å². The lowest BCUT2D eigenvalue weighted by Crippen LogP contribution is -2.53. The molecule has 2 saturated heterocycles. The second-order valence-electron chi connectivity index (χ2n) is 7.74. The van der Waals surface area contributed by atoms with Crippen LogP contribution < -0.4 is 20.5 Å². The highest BCUT2D eigenvalue weighted by Gasteiger charge is 2.24. The number of carbonyl (C=O) groups is 2. The van der Waals surface area contributed by atoms with Gasteiger partial charge in [0.05, 0.1) is 23.6 Å². The van der Waals surface area contributed by atoms with E-state index in [1.54, 1.807) is 12.1 Å². The molecule has 0 bridgehead atoms. The van der Waals surface area contributed by atoms with Gasteiger partial charge < -0.3 is 19.9 Å². The molecule has 11 heteroatoms. The Hall–Kier alpha value is -2.95. The smallest absolute Gasteiger partial charge is 0.267 e. The molecule has 2 amide bonds. The maximum atomic E-state index is 12.3. The Labute approximate surface area is 191 Å². The van der Waals surface area contributed by atoms with Crippen LogP contribution in [0.25, 0.3) is 0 Å². The topological polar surface area (TPSA) is 103 Å². The molecule has 170 valence electrons. The van der Waals surface area contributed by atoms with Gasteiger partial charge in [0.1, 0.15) is 17.7 Å².